The van der Waals surface area contributed by atoms with E-state index < -0.39 is 11.6 Å². The third-order valence-corrected chi connectivity index (χ3v) is 3.23. The Labute approximate surface area is 106 Å². The van der Waals surface area contributed by atoms with Gasteiger partial charge in [-0.2, -0.15) is 0 Å². The van der Waals surface area contributed by atoms with Crippen LogP contribution in [0.5, 0.6) is 0 Å². The van der Waals surface area contributed by atoms with E-state index in [1.54, 1.807) is 0 Å². The summed E-state index contributed by atoms with van der Waals surface area (Å²) in [5, 5.41) is 2.78. The maximum absolute atomic E-state index is 12.4. The zero-order valence-electron chi connectivity index (χ0n) is 10.5. The minimum atomic E-state index is -0.961. The first-order valence-electron chi connectivity index (χ1n) is 5.84. The number of benzene rings is 1. The lowest BCUT2D eigenvalue weighted by Crippen LogP contribution is -2.43. The van der Waals surface area contributed by atoms with Crippen LogP contribution in [0.1, 0.15) is 18.9 Å². The molecule has 18 heavy (non-hydrogen) atoms. The number of ether oxygens (including phenoxy) is 1. The van der Waals surface area contributed by atoms with Crippen molar-refractivity contribution in [2.45, 2.75) is 18.9 Å². The van der Waals surface area contributed by atoms with E-state index in [1.807, 2.05) is 37.3 Å². The molecule has 3 amide bonds. The molecule has 0 spiro atoms. The van der Waals surface area contributed by atoms with Crippen LogP contribution >= 0.6 is 0 Å². The highest BCUT2D eigenvalue weighted by Gasteiger charge is 2.51. The van der Waals surface area contributed by atoms with Crippen LogP contribution in [0.4, 0.5) is 4.79 Å². The molecule has 1 fully saturated rings. The summed E-state index contributed by atoms with van der Waals surface area (Å²) in [5.74, 6) is -0.261. The number of methoxy groups -OCH3 is 1. The second-order valence-electron chi connectivity index (χ2n) is 4.21. The first kappa shape index (κ1) is 12.6. The largest absolute Gasteiger partial charge is 0.364 e. The summed E-state index contributed by atoms with van der Waals surface area (Å²) in [6, 6.07) is 8.86. The Morgan fingerprint density at radius 2 is 1.94 bits per heavy atom. The standard InChI is InChI=1S/C13H16N2O3/c1-3-13(10-7-5-4-6-8-10)11(16)15(9-18-2)12(17)14-13/h4-8H,3,9H2,1-2H3,(H,14,17)/t13-/m0/s1. The Balaban J connectivity index is 2.41. The fraction of sp³-hybridized carbons (Fsp3) is 0.385. The minimum Gasteiger partial charge on any atom is -0.364 e. The van der Waals surface area contributed by atoms with Gasteiger partial charge in [0.2, 0.25) is 0 Å². The highest BCUT2D eigenvalue weighted by atomic mass is 16.5. The molecule has 0 unspecified atom stereocenters. The first-order valence-corrected chi connectivity index (χ1v) is 5.84. The maximum atomic E-state index is 12.4. The fourth-order valence-electron chi connectivity index (χ4n) is 2.23. The van der Waals surface area contributed by atoms with Crippen molar-refractivity contribution in [3.05, 3.63) is 35.9 Å². The molecular formula is C13H16N2O3. The zero-order valence-corrected chi connectivity index (χ0v) is 10.5. The summed E-state index contributed by atoms with van der Waals surface area (Å²) in [7, 11) is 1.45. The minimum absolute atomic E-state index is 0.0285. The van der Waals surface area contributed by atoms with E-state index in [-0.39, 0.29) is 12.6 Å². The van der Waals surface area contributed by atoms with Crippen LogP contribution in [0.2, 0.25) is 0 Å². The molecule has 5 heteroatoms. The maximum Gasteiger partial charge on any atom is 0.327 e. The summed E-state index contributed by atoms with van der Waals surface area (Å²) < 4.78 is 4.88. The molecule has 1 aromatic rings. The Morgan fingerprint density at radius 3 is 2.50 bits per heavy atom. The van der Waals surface area contributed by atoms with E-state index in [9.17, 15) is 9.59 Å². The second kappa shape index (κ2) is 4.78. The molecular weight excluding hydrogens is 232 g/mol. The Bertz CT molecular complexity index is 461. The lowest BCUT2D eigenvalue weighted by molar-refractivity contribution is -0.134. The number of urea groups is 1. The third kappa shape index (κ3) is 1.76. The van der Waals surface area contributed by atoms with E-state index >= 15 is 0 Å². The molecule has 0 aliphatic carbocycles. The quantitative estimate of drug-likeness (QED) is 0.820. The summed E-state index contributed by atoms with van der Waals surface area (Å²) in [6.07, 6.45) is 0.502. The van der Waals surface area contributed by atoms with Crippen molar-refractivity contribution in [1.82, 2.24) is 10.2 Å². The number of amides is 3. The number of rotatable bonds is 4. The van der Waals surface area contributed by atoms with Gasteiger partial charge < -0.3 is 10.1 Å². The van der Waals surface area contributed by atoms with Gasteiger partial charge in [0, 0.05) is 7.11 Å². The molecule has 2 rings (SSSR count). The van der Waals surface area contributed by atoms with Crippen LogP contribution in [-0.2, 0) is 15.1 Å². The normalized spacial score (nSPS) is 23.3. The average molecular weight is 248 g/mol. The van der Waals surface area contributed by atoms with Crippen LogP contribution in [-0.4, -0.2) is 30.7 Å². The second-order valence-corrected chi connectivity index (χ2v) is 4.21. The van der Waals surface area contributed by atoms with Crippen molar-refractivity contribution in [1.29, 1.82) is 0 Å². The number of nitrogens with zero attached hydrogens (tertiary/aromatic N) is 1. The lowest BCUT2D eigenvalue weighted by atomic mass is 9.87. The van der Waals surface area contributed by atoms with Gasteiger partial charge in [0.05, 0.1) is 0 Å². The van der Waals surface area contributed by atoms with Crippen molar-refractivity contribution in [3.8, 4) is 0 Å². The van der Waals surface area contributed by atoms with Gasteiger partial charge in [-0.15, -0.1) is 0 Å². The summed E-state index contributed by atoms with van der Waals surface area (Å²) in [5.41, 5.74) is -0.166. The smallest absolute Gasteiger partial charge is 0.327 e. The Kier molecular flexibility index (Phi) is 3.34. The summed E-state index contributed by atoms with van der Waals surface area (Å²) >= 11 is 0. The first-order chi connectivity index (χ1) is 8.65. The van der Waals surface area contributed by atoms with Crippen molar-refractivity contribution >= 4 is 11.9 Å². The van der Waals surface area contributed by atoms with Gasteiger partial charge in [-0.1, -0.05) is 37.3 Å². The molecule has 5 nitrogen and oxygen atoms in total. The number of carbonyl (C=O) groups excluding carboxylic acids is 2. The lowest BCUT2D eigenvalue weighted by Gasteiger charge is -2.25. The van der Waals surface area contributed by atoms with Crippen molar-refractivity contribution in [2.24, 2.45) is 0 Å². The van der Waals surface area contributed by atoms with Gasteiger partial charge in [0.1, 0.15) is 12.3 Å². The molecule has 1 aliphatic rings. The molecule has 1 aliphatic heterocycles. The van der Waals surface area contributed by atoms with Crippen LogP contribution in [0.25, 0.3) is 0 Å². The molecule has 1 aromatic carbocycles. The van der Waals surface area contributed by atoms with E-state index in [0.717, 1.165) is 10.5 Å². The predicted octanol–water partition coefficient (Wildman–Crippen LogP) is 1.45. The summed E-state index contributed by atoms with van der Waals surface area (Å²) in [4.78, 5) is 25.4. The van der Waals surface area contributed by atoms with Crippen LogP contribution in [0.3, 0.4) is 0 Å². The number of hydrogen-bond acceptors (Lipinski definition) is 3. The molecule has 1 atom stereocenters. The van der Waals surface area contributed by atoms with Gasteiger partial charge in [0.25, 0.3) is 5.91 Å². The van der Waals surface area contributed by atoms with Gasteiger partial charge in [-0.05, 0) is 12.0 Å². The SMILES string of the molecule is CC[C@@]1(c2ccccc2)NC(=O)N(COC)C1=O. The highest BCUT2D eigenvalue weighted by molar-refractivity contribution is 6.07. The van der Waals surface area contributed by atoms with Gasteiger partial charge in [0.15, 0.2) is 0 Å². The molecule has 1 saturated heterocycles. The molecule has 0 bridgehead atoms. The number of imide groups is 1. The molecule has 0 saturated carbocycles. The van der Waals surface area contributed by atoms with E-state index in [4.69, 9.17) is 4.74 Å². The predicted molar refractivity (Wildman–Crippen MR) is 65.7 cm³/mol. The van der Waals surface area contributed by atoms with Gasteiger partial charge in [-0.3, -0.25) is 4.79 Å². The molecule has 1 N–H and O–H groups in total. The third-order valence-electron chi connectivity index (χ3n) is 3.23. The van der Waals surface area contributed by atoms with Crippen molar-refractivity contribution in [3.63, 3.8) is 0 Å². The van der Waals surface area contributed by atoms with Crippen LogP contribution < -0.4 is 5.32 Å². The Morgan fingerprint density at radius 1 is 1.28 bits per heavy atom. The summed E-state index contributed by atoms with van der Waals surface area (Å²) in [6.45, 7) is 1.85. The monoisotopic (exact) mass is 248 g/mol. The molecule has 96 valence electrons. The van der Waals surface area contributed by atoms with Crippen LogP contribution in [0.15, 0.2) is 30.3 Å². The van der Waals surface area contributed by atoms with Crippen molar-refractivity contribution in [2.75, 3.05) is 13.8 Å². The van der Waals surface area contributed by atoms with Crippen LogP contribution in [0, 0.1) is 0 Å². The molecule has 0 radical (unpaired) electrons. The number of carbonyl (C=O) groups is 2. The number of nitrogens with one attached hydrogen (secondary N) is 1. The zero-order chi connectivity index (χ0) is 13.2. The Hall–Kier alpha value is -1.88. The van der Waals surface area contributed by atoms with E-state index in [1.165, 1.54) is 7.11 Å². The van der Waals surface area contributed by atoms with Gasteiger partial charge in [-0.25, -0.2) is 9.69 Å². The molecule has 1 heterocycles. The van der Waals surface area contributed by atoms with E-state index in [0.29, 0.717) is 6.42 Å². The van der Waals surface area contributed by atoms with Gasteiger partial charge >= 0.3 is 6.03 Å². The van der Waals surface area contributed by atoms with Crippen molar-refractivity contribution < 1.29 is 14.3 Å². The fourth-order valence-corrected chi connectivity index (χ4v) is 2.23. The molecule has 0 aromatic heterocycles. The topological polar surface area (TPSA) is 58.6 Å². The highest BCUT2D eigenvalue weighted by Crippen LogP contribution is 2.31. The number of hydrogen-bond donors (Lipinski definition) is 1. The van der Waals surface area contributed by atoms with E-state index in [2.05, 4.69) is 5.32 Å². The average Bonchev–Trinajstić information content (AvgIpc) is 2.65.